The minimum Gasteiger partial charge on any atom is -0.481 e. The number of benzene rings is 3. The molecule has 5 rings (SSSR count). The molecule has 0 saturated carbocycles. The molecule has 33 heavy (non-hydrogen) atoms. The summed E-state index contributed by atoms with van der Waals surface area (Å²) in [5.41, 5.74) is 2.05. The van der Waals surface area contributed by atoms with Crippen LogP contribution in [-0.2, 0) is 26.5 Å². The Kier molecular flexibility index (Phi) is 5.16. The average Bonchev–Trinajstić information content (AvgIpc) is 3.32. The molecule has 0 aliphatic carbocycles. The summed E-state index contributed by atoms with van der Waals surface area (Å²) in [7, 11) is 0. The Morgan fingerprint density at radius 1 is 0.818 bits per heavy atom. The van der Waals surface area contributed by atoms with E-state index in [1.807, 2.05) is 105 Å². The van der Waals surface area contributed by atoms with Crippen molar-refractivity contribution in [2.45, 2.75) is 32.4 Å². The molecule has 166 valence electrons. The van der Waals surface area contributed by atoms with Gasteiger partial charge in [-0.25, -0.2) is 0 Å². The van der Waals surface area contributed by atoms with Crippen molar-refractivity contribution in [3.05, 3.63) is 119 Å². The van der Waals surface area contributed by atoms with E-state index in [-0.39, 0.29) is 5.78 Å². The van der Waals surface area contributed by atoms with Crippen LogP contribution < -0.4 is 0 Å². The van der Waals surface area contributed by atoms with Crippen molar-refractivity contribution in [1.29, 1.82) is 0 Å². The average molecular weight is 438 g/mol. The number of amides is 1. The Balaban J connectivity index is 1.63. The van der Waals surface area contributed by atoms with Gasteiger partial charge in [0.25, 0.3) is 5.91 Å². The number of ether oxygens (including phenoxy) is 1. The summed E-state index contributed by atoms with van der Waals surface area (Å²) < 4.78 is 6.82. The molecule has 2 heterocycles. The normalized spacial score (nSPS) is 21.5. The van der Waals surface area contributed by atoms with Gasteiger partial charge in [-0.2, -0.15) is 0 Å². The Hall–Kier alpha value is -3.66. The third-order valence-electron chi connectivity index (χ3n) is 6.79. The second-order valence-electron chi connectivity index (χ2n) is 9.23. The van der Waals surface area contributed by atoms with Gasteiger partial charge in [0.1, 0.15) is 11.2 Å². The third kappa shape index (κ3) is 3.37. The molecule has 3 aromatic carbocycles. The van der Waals surface area contributed by atoms with Crippen LogP contribution >= 0.6 is 0 Å². The summed E-state index contributed by atoms with van der Waals surface area (Å²) in [6.45, 7) is 4.65. The number of ketones is 1. The molecule has 2 saturated heterocycles. The van der Waals surface area contributed by atoms with E-state index in [0.29, 0.717) is 25.3 Å². The van der Waals surface area contributed by atoms with Crippen molar-refractivity contribution in [3.63, 3.8) is 0 Å². The van der Waals surface area contributed by atoms with Crippen LogP contribution in [-0.4, -0.2) is 23.1 Å². The minimum atomic E-state index is -1.00. The van der Waals surface area contributed by atoms with Crippen LogP contribution in [0.2, 0.25) is 0 Å². The molecule has 3 aromatic rings. The van der Waals surface area contributed by atoms with E-state index in [9.17, 15) is 9.59 Å². The second kappa shape index (κ2) is 8.04. The Bertz CT molecular complexity index is 1170. The van der Waals surface area contributed by atoms with Gasteiger partial charge < -0.3 is 9.64 Å². The molecule has 1 atom stereocenters. The van der Waals surface area contributed by atoms with E-state index in [1.165, 1.54) is 0 Å². The molecular weight excluding hydrogens is 410 g/mol. The van der Waals surface area contributed by atoms with Gasteiger partial charge in [0.15, 0.2) is 5.60 Å². The summed E-state index contributed by atoms with van der Waals surface area (Å²) in [4.78, 5) is 28.6. The highest BCUT2D eigenvalue weighted by atomic mass is 16.5. The number of hydrogen-bond acceptors (Lipinski definition) is 3. The zero-order valence-electron chi connectivity index (χ0n) is 19.0. The molecular formula is C29H27NO3. The van der Waals surface area contributed by atoms with Gasteiger partial charge in [0.2, 0.25) is 5.78 Å². The lowest BCUT2D eigenvalue weighted by Gasteiger charge is -2.30. The highest BCUT2D eigenvalue weighted by Gasteiger charge is 2.65. The smallest absolute Gasteiger partial charge is 0.291 e. The summed E-state index contributed by atoms with van der Waals surface area (Å²) in [5.74, 6) is -0.175. The van der Waals surface area contributed by atoms with Crippen LogP contribution in [0.15, 0.2) is 102 Å². The van der Waals surface area contributed by atoms with Crippen LogP contribution in [0.3, 0.4) is 0 Å². The number of rotatable bonds is 4. The van der Waals surface area contributed by atoms with Gasteiger partial charge in [-0.3, -0.25) is 9.59 Å². The third-order valence-corrected chi connectivity index (χ3v) is 6.79. The Morgan fingerprint density at radius 2 is 1.33 bits per heavy atom. The maximum absolute atomic E-state index is 13.7. The maximum atomic E-state index is 13.7. The number of carbonyl (C=O) groups excluding carboxylic acids is 2. The zero-order valence-corrected chi connectivity index (χ0v) is 19.0. The summed E-state index contributed by atoms with van der Waals surface area (Å²) in [6, 6.07) is 29.8. The lowest BCUT2D eigenvalue weighted by atomic mass is 9.72. The summed E-state index contributed by atoms with van der Waals surface area (Å²) >= 11 is 0. The lowest BCUT2D eigenvalue weighted by Crippen LogP contribution is -2.34. The van der Waals surface area contributed by atoms with Gasteiger partial charge in [-0.15, -0.1) is 0 Å². The van der Waals surface area contributed by atoms with E-state index in [2.05, 4.69) is 0 Å². The Labute approximate surface area is 194 Å². The number of allylic oxidation sites excluding steroid dienone is 1. The molecule has 2 aliphatic rings. The fourth-order valence-electron chi connectivity index (χ4n) is 5.36. The second-order valence-corrected chi connectivity index (χ2v) is 9.23. The predicted molar refractivity (Wildman–Crippen MR) is 127 cm³/mol. The van der Waals surface area contributed by atoms with Crippen molar-refractivity contribution in [3.8, 4) is 0 Å². The first kappa shape index (κ1) is 21.2. The molecule has 1 amide bonds. The number of likely N-dealkylation sites (tertiary alicyclic amines) is 1. The van der Waals surface area contributed by atoms with E-state index >= 15 is 0 Å². The van der Waals surface area contributed by atoms with E-state index in [4.69, 9.17) is 4.74 Å². The minimum absolute atomic E-state index is 0.321. The van der Waals surface area contributed by atoms with Gasteiger partial charge in [0, 0.05) is 19.5 Å². The highest BCUT2D eigenvalue weighted by Crippen LogP contribution is 2.58. The Morgan fingerprint density at radius 3 is 1.85 bits per heavy atom. The summed E-state index contributed by atoms with van der Waals surface area (Å²) in [5, 5.41) is 0. The molecule has 1 spiro atoms. The SMILES string of the molecule is CC(C)=C1OC(c2ccccc2)(c2ccccc2)C[C@@]12CN(Cc1ccccc1)C(=O)C2=O. The maximum Gasteiger partial charge on any atom is 0.291 e. The quantitative estimate of drug-likeness (QED) is 0.524. The fourth-order valence-corrected chi connectivity index (χ4v) is 5.36. The summed E-state index contributed by atoms with van der Waals surface area (Å²) in [6.07, 6.45) is 0.393. The molecule has 0 radical (unpaired) electrons. The van der Waals surface area contributed by atoms with Crippen LogP contribution in [0.1, 0.15) is 37.0 Å². The predicted octanol–water partition coefficient (Wildman–Crippen LogP) is 5.24. The first-order valence-corrected chi connectivity index (χ1v) is 11.3. The van der Waals surface area contributed by atoms with Crippen molar-refractivity contribution in [2.75, 3.05) is 6.54 Å². The molecule has 2 aliphatic heterocycles. The fraction of sp³-hybridized carbons (Fsp3) is 0.241. The van der Waals surface area contributed by atoms with Crippen molar-refractivity contribution in [1.82, 2.24) is 4.90 Å². The van der Waals surface area contributed by atoms with Gasteiger partial charge in [0.05, 0.1) is 0 Å². The lowest BCUT2D eigenvalue weighted by molar-refractivity contribution is -0.142. The van der Waals surface area contributed by atoms with Crippen molar-refractivity contribution < 1.29 is 14.3 Å². The zero-order chi connectivity index (χ0) is 23.1. The highest BCUT2D eigenvalue weighted by molar-refractivity contribution is 6.41. The molecule has 0 unspecified atom stereocenters. The molecule has 0 aromatic heterocycles. The van der Waals surface area contributed by atoms with E-state index in [1.54, 1.807) is 4.90 Å². The van der Waals surface area contributed by atoms with Crippen LogP contribution in [0.4, 0.5) is 0 Å². The molecule has 4 nitrogen and oxygen atoms in total. The van der Waals surface area contributed by atoms with Crippen LogP contribution in [0.5, 0.6) is 0 Å². The van der Waals surface area contributed by atoms with Gasteiger partial charge >= 0.3 is 0 Å². The topological polar surface area (TPSA) is 46.6 Å². The number of Topliss-reactive ketones (excluding diaryl/α,β-unsaturated/α-hetero) is 1. The first-order valence-electron chi connectivity index (χ1n) is 11.3. The van der Waals surface area contributed by atoms with Crippen molar-refractivity contribution >= 4 is 11.7 Å². The van der Waals surface area contributed by atoms with Crippen LogP contribution in [0, 0.1) is 5.41 Å². The van der Waals surface area contributed by atoms with Gasteiger partial charge in [-0.1, -0.05) is 91.0 Å². The number of hydrogen-bond donors (Lipinski definition) is 0. The number of carbonyl (C=O) groups is 2. The van der Waals surface area contributed by atoms with Gasteiger partial charge in [-0.05, 0) is 36.1 Å². The van der Waals surface area contributed by atoms with E-state index in [0.717, 1.165) is 22.3 Å². The first-order chi connectivity index (χ1) is 16.0. The van der Waals surface area contributed by atoms with Crippen LogP contribution in [0.25, 0.3) is 0 Å². The van der Waals surface area contributed by atoms with Crippen molar-refractivity contribution in [2.24, 2.45) is 5.41 Å². The molecule has 2 fully saturated rings. The molecule has 0 N–H and O–H groups in total. The largest absolute Gasteiger partial charge is 0.481 e. The monoisotopic (exact) mass is 437 g/mol. The standard InChI is InChI=1S/C29H27NO3/c1-21(2)26-28(20-30(27(32)25(28)31)18-22-12-6-3-7-13-22)19-29(33-26,23-14-8-4-9-15-23)24-16-10-5-11-17-24/h3-17H,18-20H2,1-2H3/t28-/m0/s1. The van der Waals surface area contributed by atoms with E-state index < -0.39 is 16.9 Å². The molecule has 4 heteroatoms. The number of nitrogens with zero attached hydrogens (tertiary/aromatic N) is 1. The molecule has 0 bridgehead atoms.